The Morgan fingerprint density at radius 1 is 1.06 bits per heavy atom. The third-order valence-electron chi connectivity index (χ3n) is 6.34. The fraction of sp³-hybridized carbons (Fsp3) is 0.217. The van der Waals surface area contributed by atoms with Crippen LogP contribution in [0.3, 0.4) is 0 Å². The number of morpholine rings is 1. The molecule has 0 atom stereocenters. The third kappa shape index (κ3) is 2.28. The summed E-state index contributed by atoms with van der Waals surface area (Å²) in [5, 5.41) is 10.1. The van der Waals surface area contributed by atoms with Gasteiger partial charge in [-0.3, -0.25) is 14.5 Å². The van der Waals surface area contributed by atoms with Crippen molar-refractivity contribution in [1.82, 2.24) is 29.5 Å². The first kappa shape index (κ1) is 17.8. The molecule has 6 aromatic rings. The molecule has 2 aromatic carbocycles. The Labute approximate surface area is 181 Å². The Hall–Kier alpha value is -3.85. The van der Waals surface area contributed by atoms with Crippen molar-refractivity contribution < 1.29 is 9.13 Å². The molecule has 0 radical (unpaired) electrons. The number of aromatic amines is 1. The van der Waals surface area contributed by atoms with Gasteiger partial charge in [0.15, 0.2) is 5.82 Å². The number of aromatic nitrogens is 6. The molecular formula is C23H18FN7O. The Bertz CT molecular complexity index is 1650. The van der Waals surface area contributed by atoms with Crippen LogP contribution in [0.5, 0.6) is 0 Å². The van der Waals surface area contributed by atoms with Crippen LogP contribution >= 0.6 is 0 Å². The standard InChI is InChI=1S/C23H18FN7O/c1-12-27-23(29-28-12)14-10-17(30-6-8-32-9-7-30)19-13-2-3-15(24)21-18(13)16(4-5-25-21)31-11-26-20(14)22(19)31/h2-5,10-11H,6-9H2,1H3,(H,27,28,29). The molecule has 32 heavy (non-hydrogen) atoms. The van der Waals surface area contributed by atoms with Gasteiger partial charge in [0.25, 0.3) is 0 Å². The van der Waals surface area contributed by atoms with Gasteiger partial charge in [0.2, 0.25) is 0 Å². The number of ether oxygens (including phenoxy) is 1. The zero-order valence-corrected chi connectivity index (χ0v) is 17.3. The highest BCUT2D eigenvalue weighted by atomic mass is 19.1. The maximum Gasteiger partial charge on any atom is 0.183 e. The molecule has 4 aromatic heterocycles. The molecule has 0 spiro atoms. The summed E-state index contributed by atoms with van der Waals surface area (Å²) in [5.74, 6) is 1.03. The van der Waals surface area contributed by atoms with Gasteiger partial charge in [0.05, 0.1) is 29.8 Å². The van der Waals surface area contributed by atoms with E-state index in [4.69, 9.17) is 9.72 Å². The second-order valence-corrected chi connectivity index (χ2v) is 8.12. The summed E-state index contributed by atoms with van der Waals surface area (Å²) in [7, 11) is 0. The summed E-state index contributed by atoms with van der Waals surface area (Å²) in [6.07, 6.45) is 3.44. The lowest BCUT2D eigenvalue weighted by Crippen LogP contribution is -2.36. The smallest absolute Gasteiger partial charge is 0.183 e. The predicted molar refractivity (Wildman–Crippen MR) is 120 cm³/mol. The molecular weight excluding hydrogens is 409 g/mol. The Kier molecular flexibility index (Phi) is 3.52. The van der Waals surface area contributed by atoms with Crippen molar-refractivity contribution in [2.75, 3.05) is 31.2 Å². The number of halogens is 1. The van der Waals surface area contributed by atoms with Crippen molar-refractivity contribution in [3.8, 4) is 11.4 Å². The summed E-state index contributed by atoms with van der Waals surface area (Å²) >= 11 is 0. The summed E-state index contributed by atoms with van der Waals surface area (Å²) in [5.41, 5.74) is 4.94. The molecule has 1 fully saturated rings. The van der Waals surface area contributed by atoms with Gasteiger partial charge >= 0.3 is 0 Å². The molecule has 1 N–H and O–H groups in total. The van der Waals surface area contributed by atoms with E-state index < -0.39 is 0 Å². The fourth-order valence-electron chi connectivity index (χ4n) is 4.94. The number of rotatable bonds is 2. The molecule has 9 heteroatoms. The molecule has 0 bridgehead atoms. The summed E-state index contributed by atoms with van der Waals surface area (Å²) in [4.78, 5) is 16.0. The quantitative estimate of drug-likeness (QED) is 0.335. The van der Waals surface area contributed by atoms with Gasteiger partial charge in [-0.1, -0.05) is 6.07 Å². The molecule has 1 aliphatic rings. The summed E-state index contributed by atoms with van der Waals surface area (Å²) in [6.45, 7) is 4.73. The van der Waals surface area contributed by atoms with Crippen LogP contribution < -0.4 is 4.90 Å². The van der Waals surface area contributed by atoms with Gasteiger partial charge in [-0.2, -0.15) is 5.10 Å². The number of benzene rings is 2. The van der Waals surface area contributed by atoms with Crippen LogP contribution in [0.1, 0.15) is 5.82 Å². The minimum Gasteiger partial charge on any atom is -0.378 e. The van der Waals surface area contributed by atoms with Crippen molar-refractivity contribution in [2.45, 2.75) is 6.92 Å². The van der Waals surface area contributed by atoms with E-state index >= 15 is 0 Å². The van der Waals surface area contributed by atoms with E-state index in [1.54, 1.807) is 12.5 Å². The first-order valence-corrected chi connectivity index (χ1v) is 10.5. The third-order valence-corrected chi connectivity index (χ3v) is 6.34. The molecule has 7 rings (SSSR count). The number of imidazole rings is 1. The SMILES string of the molecule is Cc1nc(-c2cc(N3CCOCC3)c3c4ccc(F)c5nccc(c54)n4cnc2c34)n[nH]1. The van der Waals surface area contributed by atoms with Crippen molar-refractivity contribution >= 4 is 43.9 Å². The minimum absolute atomic E-state index is 0.328. The average Bonchev–Trinajstić information content (AvgIpc) is 3.46. The maximum atomic E-state index is 14.7. The Balaban J connectivity index is 1.71. The van der Waals surface area contributed by atoms with E-state index in [1.165, 1.54) is 6.07 Å². The minimum atomic E-state index is -0.328. The monoisotopic (exact) mass is 427 g/mol. The van der Waals surface area contributed by atoms with Crippen LogP contribution in [0.2, 0.25) is 0 Å². The first-order valence-electron chi connectivity index (χ1n) is 10.5. The molecule has 8 nitrogen and oxygen atoms in total. The van der Waals surface area contributed by atoms with Crippen LogP contribution in [0.25, 0.3) is 49.6 Å². The maximum absolute atomic E-state index is 14.7. The van der Waals surface area contributed by atoms with Gasteiger partial charge in [-0.15, -0.1) is 0 Å². The van der Waals surface area contributed by atoms with Gasteiger partial charge in [-0.05, 0) is 30.5 Å². The van der Waals surface area contributed by atoms with Crippen LogP contribution in [-0.4, -0.2) is 55.9 Å². The van der Waals surface area contributed by atoms with E-state index in [9.17, 15) is 4.39 Å². The zero-order valence-electron chi connectivity index (χ0n) is 17.3. The zero-order chi connectivity index (χ0) is 21.4. The second-order valence-electron chi connectivity index (χ2n) is 8.12. The van der Waals surface area contributed by atoms with E-state index in [2.05, 4.69) is 31.1 Å². The normalized spacial score (nSPS) is 15.1. The largest absolute Gasteiger partial charge is 0.378 e. The van der Waals surface area contributed by atoms with Gasteiger partial charge in [0.1, 0.15) is 29.0 Å². The predicted octanol–water partition coefficient (Wildman–Crippen LogP) is 3.70. The average molecular weight is 427 g/mol. The number of hydrogen-bond acceptors (Lipinski definition) is 6. The molecule has 5 heterocycles. The highest BCUT2D eigenvalue weighted by Crippen LogP contribution is 2.43. The Morgan fingerprint density at radius 3 is 2.75 bits per heavy atom. The van der Waals surface area contributed by atoms with Crippen molar-refractivity contribution in [1.29, 1.82) is 0 Å². The van der Waals surface area contributed by atoms with E-state index in [0.717, 1.165) is 62.9 Å². The molecule has 0 saturated carbocycles. The van der Waals surface area contributed by atoms with E-state index in [1.807, 2.05) is 23.5 Å². The van der Waals surface area contributed by atoms with Gasteiger partial charge in [0, 0.05) is 35.7 Å². The lowest BCUT2D eigenvalue weighted by Gasteiger charge is -2.31. The fourth-order valence-corrected chi connectivity index (χ4v) is 4.94. The molecule has 1 aliphatic heterocycles. The van der Waals surface area contributed by atoms with Crippen LogP contribution in [-0.2, 0) is 4.74 Å². The van der Waals surface area contributed by atoms with Crippen molar-refractivity contribution in [3.05, 3.63) is 48.4 Å². The molecule has 0 aliphatic carbocycles. The van der Waals surface area contributed by atoms with E-state index in [-0.39, 0.29) is 5.82 Å². The number of fused-ring (bicyclic) bond motifs is 2. The molecule has 0 unspecified atom stereocenters. The van der Waals surface area contributed by atoms with E-state index in [0.29, 0.717) is 24.6 Å². The summed E-state index contributed by atoms with van der Waals surface area (Å²) in [6, 6.07) is 7.38. The highest BCUT2D eigenvalue weighted by Gasteiger charge is 2.25. The van der Waals surface area contributed by atoms with Crippen LogP contribution in [0.15, 0.2) is 36.8 Å². The van der Waals surface area contributed by atoms with Crippen LogP contribution in [0, 0.1) is 12.7 Å². The number of nitrogens with one attached hydrogen (secondary N) is 1. The number of H-pyrrole nitrogens is 1. The first-order chi connectivity index (χ1) is 15.7. The van der Waals surface area contributed by atoms with Crippen LogP contribution in [0.4, 0.5) is 10.1 Å². The Morgan fingerprint density at radius 2 is 1.94 bits per heavy atom. The number of pyridine rings is 2. The van der Waals surface area contributed by atoms with Gasteiger partial charge in [-0.25, -0.2) is 14.4 Å². The molecule has 158 valence electrons. The second kappa shape index (κ2) is 6.33. The topological polar surface area (TPSA) is 84.2 Å². The lowest BCUT2D eigenvalue weighted by molar-refractivity contribution is 0.123. The lowest BCUT2D eigenvalue weighted by atomic mass is 9.98. The molecule has 0 amide bonds. The highest BCUT2D eigenvalue weighted by molar-refractivity contribution is 6.25. The van der Waals surface area contributed by atoms with Crippen molar-refractivity contribution in [3.63, 3.8) is 0 Å². The number of nitrogens with zero attached hydrogens (tertiary/aromatic N) is 6. The number of hydrogen-bond donors (Lipinski definition) is 1. The number of anilines is 1. The summed E-state index contributed by atoms with van der Waals surface area (Å²) < 4.78 is 22.3. The van der Waals surface area contributed by atoms with Crippen molar-refractivity contribution in [2.24, 2.45) is 0 Å². The molecule has 1 saturated heterocycles. The van der Waals surface area contributed by atoms with Gasteiger partial charge < -0.3 is 9.64 Å². The number of aryl methyl sites for hydroxylation is 1.